The molecule has 1 saturated heterocycles. The van der Waals surface area contributed by atoms with Crippen LogP contribution in [0.3, 0.4) is 0 Å². The Kier molecular flexibility index (Phi) is 4.37. The largest absolute Gasteiger partial charge is 0.364 e. The molecule has 0 aromatic carbocycles. The van der Waals surface area contributed by atoms with Gasteiger partial charge in [0.2, 0.25) is 0 Å². The molecule has 1 atom stereocenters. The molecule has 5 nitrogen and oxygen atoms in total. The lowest BCUT2D eigenvalue weighted by Gasteiger charge is -2.28. The summed E-state index contributed by atoms with van der Waals surface area (Å²) < 4.78 is 0. The fraction of sp³-hybridized carbons (Fsp3) is 0.571. The molecule has 1 fully saturated rings. The van der Waals surface area contributed by atoms with Crippen molar-refractivity contribution in [2.45, 2.75) is 38.6 Å². The number of hydrogen-bond donors (Lipinski definition) is 2. The number of likely N-dealkylation sites (tertiary alicyclic amines) is 1. The predicted octanol–water partition coefficient (Wildman–Crippen LogP) is 1.03. The molecule has 0 aliphatic carbocycles. The molecule has 1 aliphatic rings. The van der Waals surface area contributed by atoms with Gasteiger partial charge in [-0.1, -0.05) is 12.8 Å². The normalized spacial score (nSPS) is 20.1. The van der Waals surface area contributed by atoms with Gasteiger partial charge in [-0.25, -0.2) is 0 Å². The number of carbonyl (C=O) groups is 1. The average molecular weight is 263 g/mol. The van der Waals surface area contributed by atoms with Crippen molar-refractivity contribution in [1.29, 1.82) is 0 Å². The van der Waals surface area contributed by atoms with Crippen molar-refractivity contribution < 1.29 is 4.79 Å². The van der Waals surface area contributed by atoms with Gasteiger partial charge in [-0.15, -0.1) is 0 Å². The molecular formula is C14H21N3O2. The van der Waals surface area contributed by atoms with Crippen LogP contribution in [0.1, 0.15) is 41.7 Å². The van der Waals surface area contributed by atoms with Gasteiger partial charge in [0, 0.05) is 37.1 Å². The molecule has 0 spiro atoms. The number of aromatic amines is 1. The molecule has 0 saturated carbocycles. The minimum absolute atomic E-state index is 0.0516. The molecule has 19 heavy (non-hydrogen) atoms. The maximum absolute atomic E-state index is 12.5. The monoisotopic (exact) mass is 263 g/mol. The fourth-order valence-corrected chi connectivity index (χ4v) is 2.58. The number of H-pyrrole nitrogens is 1. The van der Waals surface area contributed by atoms with E-state index in [9.17, 15) is 9.59 Å². The lowest BCUT2D eigenvalue weighted by atomic mass is 10.1. The Labute approximate surface area is 112 Å². The van der Waals surface area contributed by atoms with Crippen LogP contribution in [0.15, 0.2) is 17.1 Å². The van der Waals surface area contributed by atoms with Crippen LogP contribution in [-0.4, -0.2) is 34.9 Å². The molecule has 1 amide bonds. The summed E-state index contributed by atoms with van der Waals surface area (Å²) in [6.07, 6.45) is 5.62. The van der Waals surface area contributed by atoms with Crippen LogP contribution in [0.2, 0.25) is 0 Å². The lowest BCUT2D eigenvalue weighted by molar-refractivity contribution is 0.0687. The highest BCUT2D eigenvalue weighted by atomic mass is 16.2. The molecule has 1 unspecified atom stereocenters. The van der Waals surface area contributed by atoms with E-state index >= 15 is 0 Å². The first-order valence-corrected chi connectivity index (χ1v) is 6.84. The number of pyridine rings is 1. The Morgan fingerprint density at radius 1 is 1.47 bits per heavy atom. The molecule has 2 rings (SSSR count). The first-order chi connectivity index (χ1) is 9.13. The summed E-state index contributed by atoms with van der Waals surface area (Å²) in [5.74, 6) is -0.196. The van der Waals surface area contributed by atoms with Gasteiger partial charge in [-0.2, -0.15) is 0 Å². The summed E-state index contributed by atoms with van der Waals surface area (Å²) in [5, 5.41) is 0. The average Bonchev–Trinajstić information content (AvgIpc) is 2.63. The minimum Gasteiger partial charge on any atom is -0.364 e. The third-order valence-electron chi connectivity index (χ3n) is 3.70. The van der Waals surface area contributed by atoms with Gasteiger partial charge in [0.15, 0.2) is 5.43 Å². The van der Waals surface area contributed by atoms with E-state index in [1.165, 1.54) is 12.3 Å². The van der Waals surface area contributed by atoms with Crippen molar-refractivity contribution in [3.05, 3.63) is 33.7 Å². The Bertz CT molecular complexity index is 510. The number of nitrogens with zero attached hydrogens (tertiary/aromatic N) is 1. The second kappa shape index (κ2) is 6.02. The lowest BCUT2D eigenvalue weighted by Crippen LogP contribution is -2.45. The van der Waals surface area contributed by atoms with Crippen molar-refractivity contribution >= 4 is 5.91 Å². The van der Waals surface area contributed by atoms with Crippen LogP contribution in [-0.2, 0) is 0 Å². The second-order valence-corrected chi connectivity index (χ2v) is 5.13. The SMILES string of the molecule is Cc1cc(=O)c(C(=O)N2CCCCCC2CN)c[nH]1. The van der Waals surface area contributed by atoms with Crippen LogP contribution in [0.4, 0.5) is 0 Å². The number of nitrogens with one attached hydrogen (secondary N) is 1. The maximum atomic E-state index is 12.5. The summed E-state index contributed by atoms with van der Waals surface area (Å²) in [5.41, 5.74) is 6.51. The van der Waals surface area contributed by atoms with Crippen LogP contribution in [0.25, 0.3) is 0 Å². The smallest absolute Gasteiger partial charge is 0.259 e. The number of amides is 1. The standard InChI is InChI=1S/C14H21N3O2/c1-10-7-13(18)12(9-16-10)14(19)17-6-4-2-3-5-11(17)8-15/h7,9,11H,2-6,8,15H2,1H3,(H,16,18). The second-order valence-electron chi connectivity index (χ2n) is 5.13. The van der Waals surface area contributed by atoms with Crippen LogP contribution < -0.4 is 11.2 Å². The van der Waals surface area contributed by atoms with Crippen molar-refractivity contribution in [1.82, 2.24) is 9.88 Å². The highest BCUT2D eigenvalue weighted by Gasteiger charge is 2.26. The summed E-state index contributed by atoms with van der Waals surface area (Å²) in [6.45, 7) is 2.94. The van der Waals surface area contributed by atoms with Crippen molar-refractivity contribution in [2.75, 3.05) is 13.1 Å². The van der Waals surface area contributed by atoms with Gasteiger partial charge in [0.25, 0.3) is 5.91 Å². The zero-order chi connectivity index (χ0) is 13.8. The Morgan fingerprint density at radius 2 is 2.26 bits per heavy atom. The topological polar surface area (TPSA) is 79.2 Å². The van der Waals surface area contributed by atoms with Gasteiger partial charge in [0.05, 0.1) is 0 Å². The number of hydrogen-bond acceptors (Lipinski definition) is 3. The van der Waals surface area contributed by atoms with E-state index < -0.39 is 0 Å². The Morgan fingerprint density at radius 3 is 2.95 bits per heavy atom. The molecule has 3 N–H and O–H groups in total. The zero-order valence-electron chi connectivity index (χ0n) is 11.3. The Balaban J connectivity index is 2.28. The fourth-order valence-electron chi connectivity index (χ4n) is 2.58. The highest BCUT2D eigenvalue weighted by Crippen LogP contribution is 2.17. The number of aromatic nitrogens is 1. The molecule has 2 heterocycles. The van der Waals surface area contributed by atoms with Gasteiger partial charge >= 0.3 is 0 Å². The van der Waals surface area contributed by atoms with Crippen molar-refractivity contribution in [2.24, 2.45) is 5.73 Å². The van der Waals surface area contributed by atoms with E-state index in [1.807, 2.05) is 0 Å². The third kappa shape index (κ3) is 3.04. The molecule has 5 heteroatoms. The van der Waals surface area contributed by atoms with E-state index in [0.29, 0.717) is 13.1 Å². The van der Waals surface area contributed by atoms with Crippen LogP contribution in [0, 0.1) is 6.92 Å². The Hall–Kier alpha value is -1.62. The summed E-state index contributed by atoms with van der Waals surface area (Å²) in [4.78, 5) is 29.1. The molecule has 0 radical (unpaired) electrons. The van der Waals surface area contributed by atoms with E-state index in [2.05, 4.69) is 4.98 Å². The van der Waals surface area contributed by atoms with E-state index in [4.69, 9.17) is 5.73 Å². The molecule has 1 aromatic heterocycles. The quantitative estimate of drug-likeness (QED) is 0.836. The van der Waals surface area contributed by atoms with Crippen molar-refractivity contribution in [3.8, 4) is 0 Å². The third-order valence-corrected chi connectivity index (χ3v) is 3.70. The van der Waals surface area contributed by atoms with Gasteiger partial charge in [0.1, 0.15) is 5.56 Å². The van der Waals surface area contributed by atoms with E-state index in [1.54, 1.807) is 11.8 Å². The van der Waals surface area contributed by atoms with E-state index in [-0.39, 0.29) is 22.9 Å². The van der Waals surface area contributed by atoms with Crippen molar-refractivity contribution in [3.63, 3.8) is 0 Å². The number of aryl methyl sites for hydroxylation is 1. The highest BCUT2D eigenvalue weighted by molar-refractivity contribution is 5.94. The summed E-state index contributed by atoms with van der Waals surface area (Å²) >= 11 is 0. The number of rotatable bonds is 2. The molecule has 104 valence electrons. The molecule has 1 aromatic rings. The maximum Gasteiger partial charge on any atom is 0.259 e. The molecule has 0 bridgehead atoms. The van der Waals surface area contributed by atoms with Gasteiger partial charge < -0.3 is 15.6 Å². The zero-order valence-corrected chi connectivity index (χ0v) is 11.3. The number of nitrogens with two attached hydrogens (primary N) is 1. The first-order valence-electron chi connectivity index (χ1n) is 6.84. The minimum atomic E-state index is -0.221. The molecular weight excluding hydrogens is 242 g/mol. The van der Waals surface area contributed by atoms with Crippen LogP contribution >= 0.6 is 0 Å². The van der Waals surface area contributed by atoms with Crippen LogP contribution in [0.5, 0.6) is 0 Å². The predicted molar refractivity (Wildman–Crippen MR) is 74.1 cm³/mol. The summed E-state index contributed by atoms with van der Waals surface area (Å²) in [6, 6.07) is 1.51. The van der Waals surface area contributed by atoms with Gasteiger partial charge in [-0.05, 0) is 19.8 Å². The first kappa shape index (κ1) is 13.8. The van der Waals surface area contributed by atoms with E-state index in [0.717, 1.165) is 31.4 Å². The number of carbonyl (C=O) groups excluding carboxylic acids is 1. The summed E-state index contributed by atoms with van der Waals surface area (Å²) in [7, 11) is 0. The molecule has 1 aliphatic heterocycles. The van der Waals surface area contributed by atoms with Gasteiger partial charge in [-0.3, -0.25) is 9.59 Å².